The molecule has 116 valence electrons. The van der Waals surface area contributed by atoms with Gasteiger partial charge in [0.25, 0.3) is 5.89 Å². The minimum atomic E-state index is -0.0943. The predicted octanol–water partition coefficient (Wildman–Crippen LogP) is 0.705. The molecule has 0 saturated carbocycles. The van der Waals surface area contributed by atoms with Crippen LogP contribution >= 0.6 is 0 Å². The minimum absolute atomic E-state index is 0.0383. The fraction of sp³-hybridized carbons (Fsp3) is 0.438. The first-order valence-corrected chi connectivity index (χ1v) is 7.55. The smallest absolute Gasteiger partial charge is 0.309 e. The van der Waals surface area contributed by atoms with E-state index in [0.29, 0.717) is 18.3 Å². The quantitative estimate of drug-likeness (QED) is 0.842. The zero-order valence-corrected chi connectivity index (χ0v) is 12.6. The monoisotopic (exact) mass is 302 g/mol. The number of carbonyl (C=O) groups is 1. The van der Waals surface area contributed by atoms with Crippen molar-refractivity contribution < 1.29 is 18.8 Å². The predicted molar refractivity (Wildman–Crippen MR) is 78.9 cm³/mol. The molecule has 3 rings (SSSR count). The molecule has 1 N–H and O–H groups in total. The van der Waals surface area contributed by atoms with Crippen molar-refractivity contribution >= 4 is 5.97 Å². The number of methoxy groups -OCH3 is 1. The molecule has 2 aromatic rings. The molecule has 0 spiro atoms. The first-order valence-electron chi connectivity index (χ1n) is 7.55. The number of nitrogens with zero attached hydrogens (tertiary/aromatic N) is 2. The van der Waals surface area contributed by atoms with Gasteiger partial charge in [0, 0.05) is 18.4 Å². The van der Waals surface area contributed by atoms with Gasteiger partial charge < -0.3 is 14.1 Å². The summed E-state index contributed by atoms with van der Waals surface area (Å²) in [6.07, 6.45) is 1.70. The summed E-state index contributed by atoms with van der Waals surface area (Å²) in [7, 11) is 1.45. The Bertz CT molecular complexity index is 619. The molecule has 0 atom stereocenters. The van der Waals surface area contributed by atoms with Gasteiger partial charge in [-0.2, -0.15) is 0 Å². The van der Waals surface area contributed by atoms with E-state index in [1.807, 2.05) is 30.3 Å². The van der Waals surface area contributed by atoms with Gasteiger partial charge >= 0.3 is 5.97 Å². The first kappa shape index (κ1) is 14.7. The number of rotatable bonds is 4. The van der Waals surface area contributed by atoms with Crippen LogP contribution in [0.25, 0.3) is 11.5 Å². The summed E-state index contributed by atoms with van der Waals surface area (Å²) in [5.41, 5.74) is 0.931. The van der Waals surface area contributed by atoms with Gasteiger partial charge in [-0.05, 0) is 12.1 Å². The molecule has 1 saturated heterocycles. The summed E-state index contributed by atoms with van der Waals surface area (Å²) in [5, 5.41) is 8.23. The molecule has 1 aromatic heterocycles. The van der Waals surface area contributed by atoms with E-state index in [4.69, 9.17) is 9.15 Å². The number of esters is 1. The van der Waals surface area contributed by atoms with Crippen LogP contribution in [-0.2, 0) is 16.1 Å². The second-order valence-corrected chi connectivity index (χ2v) is 5.59. The Morgan fingerprint density at radius 2 is 2.00 bits per heavy atom. The number of hydrogen-bond acceptors (Lipinski definition) is 5. The minimum Gasteiger partial charge on any atom is -0.469 e. The molecular weight excluding hydrogens is 282 g/mol. The number of carbonyl (C=O) groups excluding carboxylic acids is 1. The van der Waals surface area contributed by atoms with Crippen LogP contribution in [0, 0.1) is 5.92 Å². The standard InChI is InChI=1S/C16H19N3O3/c1-21-16(20)13-7-9-19(10-8-13)11-14-17-18-15(22-14)12-5-3-2-4-6-12/h2-6,13H,7-11H2,1H3/p+1. The van der Waals surface area contributed by atoms with Gasteiger partial charge in [0.15, 0.2) is 6.54 Å². The number of hydrogen-bond donors (Lipinski definition) is 1. The summed E-state index contributed by atoms with van der Waals surface area (Å²) >= 11 is 0. The zero-order valence-electron chi connectivity index (χ0n) is 12.6. The van der Waals surface area contributed by atoms with E-state index in [-0.39, 0.29) is 11.9 Å². The van der Waals surface area contributed by atoms with Crippen molar-refractivity contribution in [3.05, 3.63) is 36.2 Å². The number of quaternary nitrogens is 1. The third-order valence-electron chi connectivity index (χ3n) is 4.12. The Morgan fingerprint density at radius 1 is 1.27 bits per heavy atom. The van der Waals surface area contributed by atoms with Gasteiger partial charge in [-0.15, -0.1) is 10.2 Å². The molecule has 0 radical (unpaired) electrons. The topological polar surface area (TPSA) is 69.7 Å². The van der Waals surface area contributed by atoms with Crippen molar-refractivity contribution in [1.82, 2.24) is 10.2 Å². The Labute approximate surface area is 129 Å². The lowest BCUT2D eigenvalue weighted by molar-refractivity contribution is -0.920. The zero-order chi connectivity index (χ0) is 15.4. The molecule has 22 heavy (non-hydrogen) atoms. The van der Waals surface area contributed by atoms with Crippen molar-refractivity contribution in [3.8, 4) is 11.5 Å². The number of likely N-dealkylation sites (tertiary alicyclic amines) is 1. The number of nitrogens with one attached hydrogen (secondary N) is 1. The lowest BCUT2D eigenvalue weighted by Crippen LogP contribution is -3.11. The lowest BCUT2D eigenvalue weighted by atomic mass is 9.97. The number of benzene rings is 1. The van der Waals surface area contributed by atoms with Crippen LogP contribution in [0.3, 0.4) is 0 Å². The van der Waals surface area contributed by atoms with Gasteiger partial charge in [0.2, 0.25) is 5.89 Å². The van der Waals surface area contributed by atoms with E-state index in [0.717, 1.165) is 31.5 Å². The van der Waals surface area contributed by atoms with Gasteiger partial charge in [-0.3, -0.25) is 4.79 Å². The van der Waals surface area contributed by atoms with E-state index in [9.17, 15) is 4.79 Å². The van der Waals surface area contributed by atoms with Crippen molar-refractivity contribution in [2.45, 2.75) is 19.4 Å². The van der Waals surface area contributed by atoms with Crippen LogP contribution in [0.5, 0.6) is 0 Å². The molecule has 0 bridgehead atoms. The van der Waals surface area contributed by atoms with Crippen molar-refractivity contribution in [2.75, 3.05) is 20.2 Å². The van der Waals surface area contributed by atoms with E-state index in [1.54, 1.807) is 0 Å². The SMILES string of the molecule is COC(=O)C1CC[NH+](Cc2nnc(-c3ccccc3)o2)CC1. The molecule has 1 fully saturated rings. The average molecular weight is 302 g/mol. The highest BCUT2D eigenvalue weighted by Crippen LogP contribution is 2.17. The summed E-state index contributed by atoms with van der Waals surface area (Å²) in [6.45, 7) is 2.54. The maximum atomic E-state index is 11.5. The van der Waals surface area contributed by atoms with Crippen LogP contribution in [-0.4, -0.2) is 36.4 Å². The third-order valence-corrected chi connectivity index (χ3v) is 4.12. The maximum Gasteiger partial charge on any atom is 0.309 e. The molecule has 1 aliphatic rings. The van der Waals surface area contributed by atoms with Gasteiger partial charge in [0.05, 0.1) is 26.1 Å². The highest BCUT2D eigenvalue weighted by molar-refractivity contribution is 5.72. The molecule has 1 aliphatic heterocycles. The van der Waals surface area contributed by atoms with Crippen molar-refractivity contribution in [3.63, 3.8) is 0 Å². The first-order chi connectivity index (χ1) is 10.8. The Morgan fingerprint density at radius 3 is 2.68 bits per heavy atom. The van der Waals surface area contributed by atoms with E-state index in [2.05, 4.69) is 10.2 Å². The highest BCUT2D eigenvalue weighted by Gasteiger charge is 2.29. The summed E-state index contributed by atoms with van der Waals surface area (Å²) in [4.78, 5) is 12.9. The average Bonchev–Trinajstić information content (AvgIpc) is 3.04. The summed E-state index contributed by atoms with van der Waals surface area (Å²) in [5.74, 6) is 1.14. The van der Waals surface area contributed by atoms with Gasteiger partial charge in [0.1, 0.15) is 0 Å². The van der Waals surface area contributed by atoms with Gasteiger partial charge in [-0.25, -0.2) is 0 Å². The highest BCUT2D eigenvalue weighted by atomic mass is 16.5. The molecule has 2 heterocycles. The maximum absolute atomic E-state index is 11.5. The Hall–Kier alpha value is -2.21. The lowest BCUT2D eigenvalue weighted by Gasteiger charge is -2.26. The molecule has 6 nitrogen and oxygen atoms in total. The largest absolute Gasteiger partial charge is 0.469 e. The molecule has 1 aromatic carbocycles. The molecular formula is C16H20N3O3+. The molecule has 6 heteroatoms. The normalized spacial score (nSPS) is 21.5. The van der Waals surface area contributed by atoms with E-state index >= 15 is 0 Å². The van der Waals surface area contributed by atoms with Crippen LogP contribution in [0.2, 0.25) is 0 Å². The number of piperidine rings is 1. The second kappa shape index (κ2) is 6.70. The summed E-state index contributed by atoms with van der Waals surface area (Å²) in [6, 6.07) is 9.75. The fourth-order valence-electron chi connectivity index (χ4n) is 2.84. The Kier molecular flexibility index (Phi) is 4.48. The van der Waals surface area contributed by atoms with E-state index < -0.39 is 0 Å². The fourth-order valence-corrected chi connectivity index (χ4v) is 2.84. The van der Waals surface area contributed by atoms with Gasteiger partial charge in [-0.1, -0.05) is 18.2 Å². The van der Waals surface area contributed by atoms with Crippen LogP contribution < -0.4 is 4.90 Å². The van der Waals surface area contributed by atoms with Crippen LogP contribution in [0.15, 0.2) is 34.7 Å². The molecule has 0 aliphatic carbocycles. The number of ether oxygens (including phenoxy) is 1. The molecule has 0 amide bonds. The van der Waals surface area contributed by atoms with Crippen molar-refractivity contribution in [1.29, 1.82) is 0 Å². The van der Waals surface area contributed by atoms with Crippen LogP contribution in [0.4, 0.5) is 0 Å². The van der Waals surface area contributed by atoms with Crippen molar-refractivity contribution in [2.24, 2.45) is 5.92 Å². The Balaban J connectivity index is 1.57. The molecule has 0 unspecified atom stereocenters. The van der Waals surface area contributed by atoms with E-state index in [1.165, 1.54) is 12.0 Å². The summed E-state index contributed by atoms with van der Waals surface area (Å²) < 4.78 is 10.5. The number of aromatic nitrogens is 2. The second-order valence-electron chi connectivity index (χ2n) is 5.59. The van der Waals surface area contributed by atoms with Crippen LogP contribution in [0.1, 0.15) is 18.7 Å². The third kappa shape index (κ3) is 3.33.